The second-order valence-corrected chi connectivity index (χ2v) is 12.9. The molecule has 7 heteroatoms. The number of benzene rings is 1. The van der Waals surface area contributed by atoms with Gasteiger partial charge in [0, 0.05) is 47.4 Å². The summed E-state index contributed by atoms with van der Waals surface area (Å²) in [6.07, 6.45) is 9.56. The largest absolute Gasteiger partial charge is 0.352 e. The Morgan fingerprint density at radius 2 is 1.74 bits per heavy atom. The van der Waals surface area contributed by atoms with Crippen molar-refractivity contribution in [1.82, 2.24) is 10.3 Å². The maximum atomic E-state index is 14.8. The minimum atomic E-state index is -0.812. The Morgan fingerprint density at radius 3 is 2.44 bits per heavy atom. The molecule has 2 aliphatic carbocycles. The lowest BCUT2D eigenvalue weighted by atomic mass is 9.85. The van der Waals surface area contributed by atoms with Gasteiger partial charge in [0.25, 0.3) is 0 Å². The first-order chi connectivity index (χ1) is 18.8. The van der Waals surface area contributed by atoms with E-state index in [-0.39, 0.29) is 53.2 Å². The minimum Gasteiger partial charge on any atom is -0.352 e. The van der Waals surface area contributed by atoms with Gasteiger partial charge >= 0.3 is 0 Å². The lowest BCUT2D eigenvalue weighted by Gasteiger charge is -2.37. The first kappa shape index (κ1) is 26.5. The molecule has 6 atom stereocenters. The molecule has 3 heterocycles. The van der Waals surface area contributed by atoms with E-state index < -0.39 is 6.04 Å². The molecule has 1 N–H and O–H groups in total. The number of amides is 2. The number of nitrogens with zero attached hydrogens (tertiary/aromatic N) is 2. The fourth-order valence-electron chi connectivity index (χ4n) is 7.27. The molecule has 4 fully saturated rings. The zero-order valence-corrected chi connectivity index (χ0v) is 23.3. The summed E-state index contributed by atoms with van der Waals surface area (Å²) in [5.74, 6) is 0.101. The number of ether oxygens (including phenoxy) is 2. The Balaban J connectivity index is 1.41. The highest BCUT2D eigenvalue weighted by molar-refractivity contribution is 6.02. The number of carbonyl (C=O) groups is 2. The average molecular weight is 532 g/mol. The van der Waals surface area contributed by atoms with E-state index in [0.717, 1.165) is 43.4 Å². The van der Waals surface area contributed by atoms with E-state index in [9.17, 15) is 9.59 Å². The van der Waals surface area contributed by atoms with Gasteiger partial charge in [-0.3, -0.25) is 19.5 Å². The SMILES string of the molecule is CC(C)(C)c1ccc(N(C(=O)[C@H]2C3CO[C@H]4OC[C@@H]2C4C3)C(C(=O)NC2CCCCC2)c2cccnc2)cc1. The van der Waals surface area contributed by atoms with Crippen LogP contribution in [-0.4, -0.2) is 42.3 Å². The van der Waals surface area contributed by atoms with Crippen LogP contribution >= 0.6 is 0 Å². The van der Waals surface area contributed by atoms with Gasteiger partial charge in [-0.1, -0.05) is 58.2 Å². The van der Waals surface area contributed by atoms with Gasteiger partial charge in [0.05, 0.1) is 13.2 Å². The lowest BCUT2D eigenvalue weighted by Crippen LogP contribution is -2.50. The van der Waals surface area contributed by atoms with Gasteiger partial charge in [0.1, 0.15) is 6.04 Å². The number of aromatic nitrogens is 1. The quantitative estimate of drug-likeness (QED) is 0.557. The van der Waals surface area contributed by atoms with Crippen LogP contribution in [0.1, 0.15) is 76.5 Å². The summed E-state index contributed by atoms with van der Waals surface area (Å²) in [4.78, 5) is 35.1. The molecule has 3 unspecified atom stereocenters. The topological polar surface area (TPSA) is 80.8 Å². The number of pyridine rings is 1. The van der Waals surface area contributed by atoms with E-state index in [0.29, 0.717) is 13.2 Å². The van der Waals surface area contributed by atoms with E-state index in [1.54, 1.807) is 17.3 Å². The highest BCUT2D eigenvalue weighted by atomic mass is 16.7. The molecule has 39 heavy (non-hydrogen) atoms. The van der Waals surface area contributed by atoms with Crippen molar-refractivity contribution in [1.29, 1.82) is 0 Å². The Labute approximate surface area is 231 Å². The van der Waals surface area contributed by atoms with E-state index in [1.807, 2.05) is 24.3 Å². The average Bonchev–Trinajstić information content (AvgIpc) is 3.47. The van der Waals surface area contributed by atoms with Crippen molar-refractivity contribution in [2.45, 2.75) is 83.1 Å². The van der Waals surface area contributed by atoms with Crippen molar-refractivity contribution in [2.75, 3.05) is 18.1 Å². The summed E-state index contributed by atoms with van der Waals surface area (Å²) in [6.45, 7) is 7.59. The molecule has 7 nitrogen and oxygen atoms in total. The molecule has 208 valence electrons. The van der Waals surface area contributed by atoms with E-state index in [4.69, 9.17) is 9.47 Å². The Bertz CT molecular complexity index is 1170. The highest BCUT2D eigenvalue weighted by Gasteiger charge is 2.58. The van der Waals surface area contributed by atoms with Gasteiger partial charge in [0.15, 0.2) is 6.29 Å². The van der Waals surface area contributed by atoms with Gasteiger partial charge in [-0.15, -0.1) is 0 Å². The van der Waals surface area contributed by atoms with Crippen molar-refractivity contribution in [3.63, 3.8) is 0 Å². The molecule has 2 aliphatic heterocycles. The van der Waals surface area contributed by atoms with Gasteiger partial charge in [-0.2, -0.15) is 0 Å². The molecule has 2 aromatic rings. The monoisotopic (exact) mass is 531 g/mol. The summed E-state index contributed by atoms with van der Waals surface area (Å²) in [5.41, 5.74) is 2.61. The molecule has 0 spiro atoms. The maximum Gasteiger partial charge on any atom is 0.248 e. The number of fused-ring (bicyclic) bond motifs is 1. The van der Waals surface area contributed by atoms with Gasteiger partial charge < -0.3 is 14.8 Å². The number of anilines is 1. The second kappa shape index (κ2) is 10.7. The van der Waals surface area contributed by atoms with Gasteiger partial charge in [-0.25, -0.2) is 0 Å². The van der Waals surface area contributed by atoms with E-state index in [1.165, 1.54) is 12.0 Å². The van der Waals surface area contributed by atoms with Crippen molar-refractivity contribution >= 4 is 17.5 Å². The number of carbonyl (C=O) groups excluding carboxylic acids is 2. The molecular formula is C32H41N3O4. The molecule has 4 aliphatic rings. The van der Waals surface area contributed by atoms with E-state index in [2.05, 4.69) is 43.2 Å². The van der Waals surface area contributed by atoms with Crippen molar-refractivity contribution in [3.8, 4) is 0 Å². The first-order valence-corrected chi connectivity index (χ1v) is 14.7. The molecule has 2 bridgehead atoms. The zero-order valence-electron chi connectivity index (χ0n) is 23.3. The Hall–Kier alpha value is -2.77. The number of hydrogen-bond donors (Lipinski definition) is 1. The molecular weight excluding hydrogens is 490 g/mol. The molecule has 1 aromatic carbocycles. The normalized spacial score (nSPS) is 29.2. The minimum absolute atomic E-state index is 0.0154. The van der Waals surface area contributed by atoms with Crippen LogP contribution in [0.4, 0.5) is 5.69 Å². The van der Waals surface area contributed by atoms with Gasteiger partial charge in [-0.05, 0) is 54.4 Å². The summed E-state index contributed by atoms with van der Waals surface area (Å²) in [6, 6.07) is 11.2. The molecule has 2 saturated carbocycles. The number of nitrogens with one attached hydrogen (secondary N) is 1. The third kappa shape index (κ3) is 5.11. The van der Waals surface area contributed by atoms with Crippen molar-refractivity contribution in [3.05, 3.63) is 59.9 Å². The van der Waals surface area contributed by atoms with E-state index >= 15 is 0 Å². The van der Waals surface area contributed by atoms with Crippen LogP contribution in [0.25, 0.3) is 0 Å². The molecule has 1 aromatic heterocycles. The molecule has 2 saturated heterocycles. The Morgan fingerprint density at radius 1 is 1.00 bits per heavy atom. The fourth-order valence-corrected chi connectivity index (χ4v) is 7.27. The highest BCUT2D eigenvalue weighted by Crippen LogP contribution is 2.53. The summed E-state index contributed by atoms with van der Waals surface area (Å²) < 4.78 is 11.9. The summed E-state index contributed by atoms with van der Waals surface area (Å²) in [5, 5.41) is 3.32. The van der Waals surface area contributed by atoms with Crippen LogP contribution in [0.3, 0.4) is 0 Å². The van der Waals surface area contributed by atoms with Gasteiger partial charge in [0.2, 0.25) is 11.8 Å². The summed E-state index contributed by atoms with van der Waals surface area (Å²) in [7, 11) is 0. The predicted molar refractivity (Wildman–Crippen MR) is 149 cm³/mol. The lowest BCUT2D eigenvalue weighted by molar-refractivity contribution is -0.167. The van der Waals surface area contributed by atoms with Crippen LogP contribution in [0, 0.1) is 23.7 Å². The van der Waals surface area contributed by atoms with Crippen LogP contribution in [0.2, 0.25) is 0 Å². The summed E-state index contributed by atoms with van der Waals surface area (Å²) >= 11 is 0. The van der Waals surface area contributed by atoms with Crippen LogP contribution in [0.5, 0.6) is 0 Å². The number of rotatable bonds is 6. The molecule has 0 radical (unpaired) electrons. The van der Waals surface area contributed by atoms with Crippen LogP contribution in [-0.2, 0) is 24.5 Å². The smallest absolute Gasteiger partial charge is 0.248 e. The van der Waals surface area contributed by atoms with Crippen molar-refractivity contribution < 1.29 is 19.1 Å². The Kier molecular flexibility index (Phi) is 7.23. The third-order valence-corrected chi connectivity index (χ3v) is 9.36. The standard InChI is InChI=1S/C32H41N3O4/c1-32(2,3)22-11-13-24(14-12-22)35(30(37)27-21-16-25-26(27)19-39-31(25)38-18-21)28(20-8-7-15-33-17-20)29(36)34-23-9-5-4-6-10-23/h7-8,11-15,17,21,23,25-28,31H,4-6,9-10,16,18-19H2,1-3H3,(H,34,36)/t21?,25?,26-,27+,28?,31+/m1/s1. The number of hydrogen-bond acceptors (Lipinski definition) is 5. The molecule has 2 amide bonds. The van der Waals surface area contributed by atoms with Crippen LogP contribution in [0.15, 0.2) is 48.8 Å². The second-order valence-electron chi connectivity index (χ2n) is 12.9. The van der Waals surface area contributed by atoms with Crippen molar-refractivity contribution in [2.24, 2.45) is 23.7 Å². The fraction of sp³-hybridized carbons (Fsp3) is 0.594. The maximum absolute atomic E-state index is 14.8. The predicted octanol–water partition coefficient (Wildman–Crippen LogP) is 5.16. The third-order valence-electron chi connectivity index (χ3n) is 9.36. The first-order valence-electron chi connectivity index (χ1n) is 14.7. The van der Waals surface area contributed by atoms with Crippen LogP contribution < -0.4 is 10.2 Å². The molecule has 6 rings (SSSR count). The zero-order chi connectivity index (χ0) is 27.1.